The lowest BCUT2D eigenvalue weighted by molar-refractivity contribution is -0.152. The largest absolute Gasteiger partial charge is 0.462 e. The third kappa shape index (κ3) is 29.5. The minimum atomic E-state index is -0.330. The Bertz CT molecular complexity index is 4500. The third-order valence-electron chi connectivity index (χ3n) is 36.7. The van der Waals surface area contributed by atoms with Crippen LogP contribution in [0, 0.1) is 151 Å². The summed E-state index contributed by atoms with van der Waals surface area (Å²) in [7, 11) is 0. The number of esters is 6. The summed E-state index contributed by atoms with van der Waals surface area (Å²) in [6, 6.07) is 0. The fraction of sp³-hybridized carbons (Fsp3) is 0.678. The van der Waals surface area contributed by atoms with Gasteiger partial charge in [0.1, 0.15) is 11.5 Å². The standard InChI is InChI=1S/C14H20O2.2C14H22O2.C13H18O2.2C13H20O2.C10H14O.3C10H16/c1-8(2)13(15)16-12-7-10-6-11(9(12)3)14(10,4)5;1-9(2)13(15)16-8-10-5-6-11-7-12(10)14(11,3)4;1-10(2)14(15)16-9-12(4)13-7-5-11(3)6-8-13;1-5-12(14)15-11-7-9-6-10(8(11)2)13(9,3)4;1-4-12(14)15-8-9-5-6-10-7-11(9)13(10,2)3;1-4-13(14)15-9-11(3)12-7-5-10(2)6-8-12;1-7(2)9-5-4-8(3)10(11)6-9;2*1-7-4-5-8-6-9(7)10(8,2)3;1-8(2)10-6-4-9(3)5-7-10/h10-11H,1,6-7H2,2-5H3;10-12H,1,5-8H2,2-4H3;5,12-13H,1,6-9H2,2-4H3;5,9-10H,1,6-7H2,2-4H3;4,9-11H,1,5-8H2,2-3H3;4-5,11-12H,1,6-9H2,2-3H3;4,9H,1,5-6H2,2-3H3;4,8-9H,5-6H2,1-3H3;8-9H,1,4-6H2,2-3H3;4,10H,1,5-7H2,2-3H3/t10-,11+;10-,11-,12-;12?,13-;9-,10+;9-,10-,11-;11?,12-;9-;2*8-,9-;10-/m0000001100/s1. The van der Waals surface area contributed by atoms with E-state index in [2.05, 4.69) is 229 Å². The van der Waals surface area contributed by atoms with Gasteiger partial charge in [0.25, 0.3) is 0 Å². The van der Waals surface area contributed by atoms with E-state index in [1.807, 2.05) is 19.9 Å². The topological polar surface area (TPSA) is 175 Å². The molecule has 746 valence electrons. The van der Waals surface area contributed by atoms with Crippen LogP contribution in [0.25, 0.3) is 0 Å². The van der Waals surface area contributed by atoms with Crippen molar-refractivity contribution in [2.24, 2.45) is 151 Å². The molecular weight excluding hydrogens is 1660 g/mol. The summed E-state index contributed by atoms with van der Waals surface area (Å²) in [4.78, 5) is 78.3. The molecule has 2 unspecified atom stereocenters. The third-order valence-corrected chi connectivity index (χ3v) is 36.7. The van der Waals surface area contributed by atoms with E-state index in [1.54, 1.807) is 31.9 Å². The van der Waals surface area contributed by atoms with Crippen LogP contribution in [0.5, 0.6) is 0 Å². The summed E-state index contributed by atoms with van der Waals surface area (Å²) in [5.41, 5.74) is 18.1. The van der Waals surface area contributed by atoms with Crippen LogP contribution >= 0.6 is 0 Å². The molecule has 0 radical (unpaired) electrons. The van der Waals surface area contributed by atoms with E-state index < -0.39 is 0 Å². The van der Waals surface area contributed by atoms with Gasteiger partial charge in [-0.2, -0.15) is 0 Å². The number of ketones is 1. The second-order valence-electron chi connectivity index (χ2n) is 47.6. The van der Waals surface area contributed by atoms with Gasteiger partial charge in [-0.15, -0.1) is 0 Å². The van der Waals surface area contributed by atoms with Crippen molar-refractivity contribution in [3.8, 4) is 0 Å². The number of ether oxygens (including phenoxy) is 6. The van der Waals surface area contributed by atoms with E-state index in [-0.39, 0.29) is 41.6 Å². The van der Waals surface area contributed by atoms with E-state index >= 15 is 0 Å². The highest BCUT2D eigenvalue weighted by atomic mass is 16.6. The number of carbonyl (C=O) groups excluding carboxylic acids is 7. The summed E-state index contributed by atoms with van der Waals surface area (Å²) in [6.45, 7) is 91.9. The quantitative estimate of drug-likeness (QED) is 0.0488. The zero-order valence-corrected chi connectivity index (χ0v) is 89.1. The molecule has 13 nitrogen and oxygen atoms in total. The number of allylic oxidation sites excluding steroid dienone is 17. The van der Waals surface area contributed by atoms with E-state index in [1.165, 1.54) is 180 Å². The Morgan fingerprint density at radius 2 is 0.784 bits per heavy atom. The van der Waals surface area contributed by atoms with Crippen LogP contribution in [-0.2, 0) is 62.0 Å². The molecule has 0 heterocycles. The van der Waals surface area contributed by atoms with Crippen LogP contribution in [0.4, 0.5) is 0 Å². The lowest BCUT2D eigenvalue weighted by Gasteiger charge is -2.60. The highest BCUT2D eigenvalue weighted by molar-refractivity contribution is 5.96. The smallest absolute Gasteiger partial charge is 0.338 e. The monoisotopic (exact) mass is 1850 g/mol. The van der Waals surface area contributed by atoms with Gasteiger partial charge in [-0.05, 0) is 398 Å². The zero-order chi connectivity index (χ0) is 100. The molecule has 22 aliphatic rings. The number of rotatable bonds is 20. The Balaban J connectivity index is 0.000000204. The highest BCUT2D eigenvalue weighted by Crippen LogP contribution is 2.66. The molecular formula is C121H184O13. The van der Waals surface area contributed by atoms with Gasteiger partial charge in [0.05, 0.1) is 26.4 Å². The summed E-state index contributed by atoms with van der Waals surface area (Å²) in [5.74, 6) is 14.5. The number of hydrogen-bond acceptors (Lipinski definition) is 13. The molecule has 20 atom stereocenters. The van der Waals surface area contributed by atoms with E-state index in [0.717, 1.165) is 108 Å². The first-order chi connectivity index (χ1) is 62.5. The fourth-order valence-corrected chi connectivity index (χ4v) is 24.8. The molecule has 0 spiro atoms. The molecule has 0 aromatic rings. The van der Waals surface area contributed by atoms with Gasteiger partial charge in [-0.1, -0.05) is 226 Å². The van der Waals surface area contributed by atoms with Crippen molar-refractivity contribution in [3.05, 3.63) is 192 Å². The van der Waals surface area contributed by atoms with Crippen LogP contribution in [0.2, 0.25) is 0 Å². The van der Waals surface area contributed by atoms with Crippen LogP contribution in [0.15, 0.2) is 192 Å². The number of carbonyl (C=O) groups is 7. The van der Waals surface area contributed by atoms with Crippen LogP contribution < -0.4 is 0 Å². The first kappa shape index (κ1) is 113. The Kier molecular flexibility index (Phi) is 41.7. The van der Waals surface area contributed by atoms with Gasteiger partial charge in [0.15, 0.2) is 5.78 Å². The Labute approximate surface area is 814 Å². The van der Waals surface area contributed by atoms with E-state index in [9.17, 15) is 33.6 Å². The fourth-order valence-electron chi connectivity index (χ4n) is 24.8. The van der Waals surface area contributed by atoms with Crippen molar-refractivity contribution in [2.45, 2.75) is 347 Å². The van der Waals surface area contributed by atoms with Gasteiger partial charge in [-0.3, -0.25) is 4.79 Å². The Hall–Kier alpha value is -7.67. The van der Waals surface area contributed by atoms with Crippen molar-refractivity contribution in [3.63, 3.8) is 0 Å². The predicted molar refractivity (Wildman–Crippen MR) is 553 cm³/mol. The molecule has 0 amide bonds. The SMILES string of the molecule is C=C(C)C(=O)OC1=C(C)[C@H]2C[C@@H](C1)C2(C)C.C=C(C)C(=O)OCC(C)[C@H]1CC=C(C)CC1.C=C(C)C(=O)OC[C@@H]1CC[C@H]2C[C@@H]1C2(C)C.C=C(C)[C@@H]1CC=C(C)C(=O)C1.C=C(C)[C@H]1CC=C(C)CC1.C=C1CC[C@H]2C[C@@H]1C2(C)C.C=CC(=O)OC1=C(C)[C@H]2C[C@@H](C1)C2(C)C.C=CC(=O)OCC(C)[C@H]1CC=C(C)CC1.C=CC(=O)OC[C@@H]1CC[C@H]2C[C@@H]1C2(C)C.CC1=CC[C@@H]2C[C@H]1C2(C)C. The molecule has 22 rings (SSSR count). The summed E-state index contributed by atoms with van der Waals surface area (Å²) < 4.78 is 31.4. The average molecular weight is 1850 g/mol. The van der Waals surface area contributed by atoms with Crippen molar-refractivity contribution in [1.29, 1.82) is 0 Å². The number of Topliss-reactive ketones (excluding diaryl/α,β-unsaturated/α-hetero) is 1. The van der Waals surface area contributed by atoms with Crippen molar-refractivity contribution in [1.82, 2.24) is 0 Å². The molecule has 0 aliphatic heterocycles. The molecule has 0 saturated heterocycles. The minimum absolute atomic E-state index is 0.237. The maximum Gasteiger partial charge on any atom is 0.338 e. The summed E-state index contributed by atoms with van der Waals surface area (Å²) in [5, 5.41) is 0. The highest BCUT2D eigenvalue weighted by Gasteiger charge is 2.58. The van der Waals surface area contributed by atoms with Gasteiger partial charge in [0, 0.05) is 54.2 Å². The summed E-state index contributed by atoms with van der Waals surface area (Å²) in [6.07, 6.45) is 46.7. The number of hydrogen-bond donors (Lipinski definition) is 0. The lowest BCUT2D eigenvalue weighted by Crippen LogP contribution is -2.53. The number of fused-ring (bicyclic) bond motifs is 9. The maximum atomic E-state index is 11.5. The Morgan fingerprint density at radius 1 is 0.388 bits per heavy atom. The normalized spacial score (nSPS) is 31.0. The molecule has 12 bridgehead atoms. The van der Waals surface area contributed by atoms with E-state index in [4.69, 9.17) is 28.4 Å². The van der Waals surface area contributed by atoms with Gasteiger partial charge < -0.3 is 28.4 Å². The predicted octanol–water partition coefficient (Wildman–Crippen LogP) is 30.8. The molecule has 13 heteroatoms. The van der Waals surface area contributed by atoms with Crippen molar-refractivity contribution >= 4 is 41.6 Å². The maximum absolute atomic E-state index is 11.5. The Morgan fingerprint density at radius 3 is 1.13 bits per heavy atom. The second-order valence-corrected chi connectivity index (χ2v) is 47.6. The first-order valence-electron chi connectivity index (χ1n) is 51.6. The summed E-state index contributed by atoms with van der Waals surface area (Å²) >= 11 is 0. The van der Waals surface area contributed by atoms with Crippen molar-refractivity contribution in [2.75, 3.05) is 26.4 Å². The van der Waals surface area contributed by atoms with E-state index in [0.29, 0.717) is 147 Å². The molecule has 22 aliphatic carbocycles. The van der Waals surface area contributed by atoms with Gasteiger partial charge in [-0.25, -0.2) is 28.8 Å². The molecule has 12 fully saturated rings. The lowest BCUT2D eigenvalue weighted by atomic mass is 9.46. The second kappa shape index (κ2) is 49.3. The van der Waals surface area contributed by atoms with Crippen molar-refractivity contribution < 1.29 is 62.0 Å². The van der Waals surface area contributed by atoms with Crippen LogP contribution in [0.3, 0.4) is 0 Å². The molecule has 12 saturated carbocycles. The van der Waals surface area contributed by atoms with Crippen LogP contribution in [0.1, 0.15) is 347 Å². The van der Waals surface area contributed by atoms with Gasteiger partial charge >= 0.3 is 35.8 Å². The molecule has 0 aromatic heterocycles. The first-order valence-corrected chi connectivity index (χ1v) is 51.6. The average Bonchev–Trinajstić information content (AvgIpc) is 0.711. The minimum Gasteiger partial charge on any atom is -0.462 e. The molecule has 0 N–H and O–H groups in total. The van der Waals surface area contributed by atoms with Gasteiger partial charge in [0.2, 0.25) is 0 Å². The molecule has 134 heavy (non-hydrogen) atoms. The zero-order valence-electron chi connectivity index (χ0n) is 89.1. The molecule has 0 aromatic carbocycles. The van der Waals surface area contributed by atoms with Crippen LogP contribution in [-0.4, -0.2) is 68.0 Å².